The molecule has 112 valence electrons. The molecule has 0 aliphatic carbocycles. The molecule has 0 amide bonds. The maximum absolute atomic E-state index is 12.4. The summed E-state index contributed by atoms with van der Waals surface area (Å²) in [7, 11) is -2.83. The molecule has 0 saturated carbocycles. The van der Waals surface area contributed by atoms with E-state index in [9.17, 15) is 13.2 Å². The van der Waals surface area contributed by atoms with Gasteiger partial charge in [0.15, 0.2) is 5.75 Å². The molecule has 9 heteroatoms. The summed E-state index contributed by atoms with van der Waals surface area (Å²) in [5.74, 6) is -1.60. The van der Waals surface area contributed by atoms with Gasteiger partial charge in [-0.05, 0) is 23.6 Å². The molecule has 0 unspecified atom stereocenters. The molecule has 1 aromatic carbocycles. The van der Waals surface area contributed by atoms with E-state index in [1.54, 1.807) is 16.8 Å². The maximum Gasteiger partial charge on any atom is 0.339 e. The number of nitrogens with one attached hydrogen (secondary N) is 1. The molecule has 0 atom stereocenters. The third-order valence-corrected chi connectivity index (χ3v) is 4.81. The number of carboxylic acid groups (broad SMARTS) is 1. The lowest BCUT2D eigenvalue weighted by Gasteiger charge is -2.13. The summed E-state index contributed by atoms with van der Waals surface area (Å²) >= 11 is 7.12. The van der Waals surface area contributed by atoms with Crippen molar-refractivity contribution >= 4 is 44.6 Å². The molecule has 1 aromatic heterocycles. The topological polar surface area (TPSA) is 92.7 Å². The van der Waals surface area contributed by atoms with Crippen LogP contribution in [0.1, 0.15) is 10.4 Å². The summed E-state index contributed by atoms with van der Waals surface area (Å²) < 4.78 is 32.0. The van der Waals surface area contributed by atoms with Crippen LogP contribution in [0.25, 0.3) is 0 Å². The normalized spacial score (nSPS) is 11.1. The summed E-state index contributed by atoms with van der Waals surface area (Å²) in [6.45, 7) is 0. The molecule has 1 heterocycles. The zero-order valence-corrected chi connectivity index (χ0v) is 13.1. The van der Waals surface area contributed by atoms with E-state index in [0.717, 1.165) is 12.1 Å². The molecular formula is C12H10ClNO5S2. The molecule has 2 rings (SSSR count). The van der Waals surface area contributed by atoms with Gasteiger partial charge in [0.2, 0.25) is 0 Å². The van der Waals surface area contributed by atoms with Crippen LogP contribution in [0.15, 0.2) is 33.9 Å². The molecule has 6 nitrogen and oxygen atoms in total. The lowest BCUT2D eigenvalue weighted by Crippen LogP contribution is -2.15. The lowest BCUT2D eigenvalue weighted by molar-refractivity contribution is 0.0693. The van der Waals surface area contributed by atoms with Gasteiger partial charge in [0.1, 0.15) is 10.5 Å². The van der Waals surface area contributed by atoms with Gasteiger partial charge < -0.3 is 9.84 Å². The number of hydrogen-bond donors (Lipinski definition) is 2. The molecule has 0 aliphatic heterocycles. The second-order valence-electron chi connectivity index (χ2n) is 3.91. The summed E-state index contributed by atoms with van der Waals surface area (Å²) in [5, 5.41) is 12.4. The first-order valence-corrected chi connectivity index (χ1v) is 8.31. The zero-order valence-electron chi connectivity index (χ0n) is 10.7. The Morgan fingerprint density at radius 2 is 2.14 bits per heavy atom. The van der Waals surface area contributed by atoms with E-state index in [4.69, 9.17) is 21.4 Å². The zero-order chi connectivity index (χ0) is 15.6. The first-order valence-electron chi connectivity index (χ1n) is 5.51. The molecule has 0 fully saturated rings. The lowest BCUT2D eigenvalue weighted by atomic mass is 10.2. The quantitative estimate of drug-likeness (QED) is 0.867. The number of halogens is 1. The minimum atomic E-state index is -4.02. The third-order valence-electron chi connectivity index (χ3n) is 2.52. The Morgan fingerprint density at radius 3 is 2.67 bits per heavy atom. The maximum atomic E-state index is 12.4. The van der Waals surface area contributed by atoms with Crippen molar-refractivity contribution in [1.29, 1.82) is 0 Å². The molecule has 0 saturated heterocycles. The number of sulfonamides is 1. The van der Waals surface area contributed by atoms with Gasteiger partial charge in [-0.3, -0.25) is 4.72 Å². The number of benzene rings is 1. The van der Waals surface area contributed by atoms with Gasteiger partial charge in [0.05, 0.1) is 12.8 Å². The van der Waals surface area contributed by atoms with Crippen molar-refractivity contribution < 1.29 is 23.1 Å². The Labute approximate surface area is 130 Å². The third kappa shape index (κ3) is 3.29. The number of carbonyl (C=O) groups is 1. The van der Waals surface area contributed by atoms with E-state index >= 15 is 0 Å². The monoisotopic (exact) mass is 347 g/mol. The minimum Gasteiger partial charge on any atom is -0.494 e. The fourth-order valence-electron chi connectivity index (χ4n) is 1.67. The van der Waals surface area contributed by atoms with E-state index in [1.165, 1.54) is 18.4 Å². The molecule has 2 N–H and O–H groups in total. The van der Waals surface area contributed by atoms with Crippen LogP contribution in [-0.2, 0) is 10.0 Å². The summed E-state index contributed by atoms with van der Waals surface area (Å²) in [4.78, 5) is 10.8. The number of carboxylic acids is 1. The number of rotatable bonds is 5. The summed E-state index contributed by atoms with van der Waals surface area (Å²) in [6.07, 6.45) is 0. The molecule has 21 heavy (non-hydrogen) atoms. The summed E-state index contributed by atoms with van der Waals surface area (Å²) in [6, 6.07) is 3.85. The highest BCUT2D eigenvalue weighted by atomic mass is 35.5. The number of thiophene rings is 1. The second kappa shape index (κ2) is 5.92. The molecule has 2 aromatic rings. The van der Waals surface area contributed by atoms with Crippen LogP contribution in [0.4, 0.5) is 5.69 Å². The van der Waals surface area contributed by atoms with E-state index < -0.39 is 16.0 Å². The van der Waals surface area contributed by atoms with E-state index in [1.807, 2.05) is 0 Å². The van der Waals surface area contributed by atoms with Crippen molar-refractivity contribution in [2.75, 3.05) is 11.8 Å². The molecule has 0 bridgehead atoms. The van der Waals surface area contributed by atoms with Crippen molar-refractivity contribution in [3.05, 3.63) is 39.5 Å². The Balaban J connectivity index is 2.59. The highest BCUT2D eigenvalue weighted by Gasteiger charge is 2.26. The van der Waals surface area contributed by atoms with Crippen LogP contribution < -0.4 is 9.46 Å². The Kier molecular flexibility index (Phi) is 4.40. The molecule has 0 spiro atoms. The fourth-order valence-corrected chi connectivity index (χ4v) is 3.88. The van der Waals surface area contributed by atoms with Crippen molar-refractivity contribution in [3.63, 3.8) is 0 Å². The van der Waals surface area contributed by atoms with Gasteiger partial charge in [-0.2, -0.15) is 11.3 Å². The van der Waals surface area contributed by atoms with E-state index in [0.29, 0.717) is 5.69 Å². The van der Waals surface area contributed by atoms with Crippen LogP contribution in [0.3, 0.4) is 0 Å². The van der Waals surface area contributed by atoms with Gasteiger partial charge in [-0.25, -0.2) is 13.2 Å². The van der Waals surface area contributed by atoms with Crippen molar-refractivity contribution in [3.8, 4) is 5.75 Å². The summed E-state index contributed by atoms with van der Waals surface area (Å²) in [5.41, 5.74) is 0.0506. The van der Waals surface area contributed by atoms with Crippen molar-refractivity contribution in [1.82, 2.24) is 0 Å². The predicted octanol–water partition coefficient (Wildman–Crippen LogP) is 2.91. The van der Waals surface area contributed by atoms with Crippen molar-refractivity contribution in [2.24, 2.45) is 0 Å². The van der Waals surface area contributed by atoms with Gasteiger partial charge in [0, 0.05) is 10.4 Å². The SMILES string of the molecule is COc1c(C(=O)O)cc(Cl)cc1S(=O)(=O)Nc1ccsc1. The van der Waals surface area contributed by atoms with Gasteiger partial charge in [0.25, 0.3) is 10.0 Å². The van der Waals surface area contributed by atoms with E-state index in [-0.39, 0.29) is 21.2 Å². The van der Waals surface area contributed by atoms with Gasteiger partial charge in [-0.15, -0.1) is 0 Å². The smallest absolute Gasteiger partial charge is 0.339 e. The van der Waals surface area contributed by atoms with Gasteiger partial charge in [-0.1, -0.05) is 11.6 Å². The fraction of sp³-hybridized carbons (Fsp3) is 0.0833. The van der Waals surface area contributed by atoms with Crippen LogP contribution in [0.5, 0.6) is 5.75 Å². The number of ether oxygens (including phenoxy) is 1. The second-order valence-corrected chi connectivity index (χ2v) is 6.77. The van der Waals surface area contributed by atoms with Crippen LogP contribution in [-0.4, -0.2) is 26.6 Å². The van der Waals surface area contributed by atoms with E-state index in [2.05, 4.69) is 4.72 Å². The standard InChI is InChI=1S/C12H10ClNO5S2/c1-19-11-9(12(15)16)4-7(13)5-10(11)21(17,18)14-8-2-3-20-6-8/h2-6,14H,1H3,(H,15,16). The van der Waals surface area contributed by atoms with Crippen LogP contribution >= 0.6 is 22.9 Å². The van der Waals surface area contributed by atoms with Crippen molar-refractivity contribution in [2.45, 2.75) is 4.90 Å². The molecular weight excluding hydrogens is 338 g/mol. The number of hydrogen-bond acceptors (Lipinski definition) is 5. The average molecular weight is 348 g/mol. The highest BCUT2D eigenvalue weighted by molar-refractivity contribution is 7.92. The minimum absolute atomic E-state index is 0.0149. The van der Waals surface area contributed by atoms with Crippen LogP contribution in [0, 0.1) is 0 Å². The Hall–Kier alpha value is -1.77. The number of aromatic carboxylic acids is 1. The Morgan fingerprint density at radius 1 is 1.43 bits per heavy atom. The first kappa shape index (κ1) is 15.6. The number of anilines is 1. The average Bonchev–Trinajstić information content (AvgIpc) is 2.89. The first-order chi connectivity index (χ1) is 9.85. The van der Waals surface area contributed by atoms with Crippen LogP contribution in [0.2, 0.25) is 5.02 Å². The largest absolute Gasteiger partial charge is 0.494 e. The molecule has 0 radical (unpaired) electrons. The number of methoxy groups -OCH3 is 1. The molecule has 0 aliphatic rings. The predicted molar refractivity (Wildman–Crippen MR) is 80.1 cm³/mol. The highest BCUT2D eigenvalue weighted by Crippen LogP contribution is 2.33. The Bertz CT molecular complexity index is 771. The van der Waals surface area contributed by atoms with Gasteiger partial charge >= 0.3 is 5.97 Å².